The molecular formula is C17H29N. The van der Waals surface area contributed by atoms with Crippen molar-refractivity contribution in [2.24, 2.45) is 5.73 Å². The lowest BCUT2D eigenvalue weighted by Gasteiger charge is -2.12. The fourth-order valence-corrected chi connectivity index (χ4v) is 1.42. The second-order valence-electron chi connectivity index (χ2n) is 3.18. The fraction of sp³-hybridized carbons (Fsp3) is 0.412. The highest BCUT2D eigenvalue weighted by atomic mass is 14.6. The molecule has 0 amide bonds. The van der Waals surface area contributed by atoms with Crippen LogP contribution in [0.2, 0.25) is 0 Å². The van der Waals surface area contributed by atoms with E-state index >= 15 is 0 Å². The molecular weight excluding hydrogens is 218 g/mol. The van der Waals surface area contributed by atoms with Crippen LogP contribution in [0.25, 0.3) is 0 Å². The number of nitrogens with two attached hydrogens (primary N) is 1. The Labute approximate surface area is 113 Å². The van der Waals surface area contributed by atoms with Crippen LogP contribution in [0.1, 0.15) is 53.1 Å². The second-order valence-corrected chi connectivity index (χ2v) is 3.18. The number of rotatable bonds is 3. The molecule has 2 N–H and O–H groups in total. The van der Waals surface area contributed by atoms with E-state index in [1.807, 2.05) is 65.8 Å². The van der Waals surface area contributed by atoms with Gasteiger partial charge in [0, 0.05) is 0 Å². The summed E-state index contributed by atoms with van der Waals surface area (Å²) in [4.78, 5) is 0. The van der Waals surface area contributed by atoms with Crippen LogP contribution in [0.3, 0.4) is 0 Å². The van der Waals surface area contributed by atoms with E-state index < -0.39 is 0 Å². The van der Waals surface area contributed by atoms with Crippen molar-refractivity contribution < 1.29 is 0 Å². The summed E-state index contributed by atoms with van der Waals surface area (Å²) in [5.74, 6) is 0. The Bertz CT molecular complexity index is 323. The van der Waals surface area contributed by atoms with Crippen molar-refractivity contribution >= 4 is 0 Å². The number of hydrogen-bond donors (Lipinski definition) is 1. The van der Waals surface area contributed by atoms with E-state index in [-0.39, 0.29) is 6.04 Å². The van der Waals surface area contributed by atoms with Crippen molar-refractivity contribution in [2.75, 3.05) is 0 Å². The second kappa shape index (κ2) is 13.7. The van der Waals surface area contributed by atoms with Gasteiger partial charge in [0.15, 0.2) is 0 Å². The molecule has 0 radical (unpaired) electrons. The zero-order chi connectivity index (χ0) is 14.4. The Balaban J connectivity index is 0. The Morgan fingerprint density at radius 1 is 1.00 bits per heavy atom. The molecule has 0 bridgehead atoms. The third-order valence-electron chi connectivity index (χ3n) is 2.21. The molecule has 1 aromatic rings. The van der Waals surface area contributed by atoms with Gasteiger partial charge in [-0.05, 0) is 25.0 Å². The Morgan fingerprint density at radius 2 is 1.50 bits per heavy atom. The maximum Gasteiger partial charge on any atom is 0.0548 e. The third kappa shape index (κ3) is 7.08. The summed E-state index contributed by atoms with van der Waals surface area (Å²) in [5, 5.41) is 0. The largest absolute Gasteiger partial charge is 0.320 e. The highest BCUT2D eigenvalue weighted by molar-refractivity contribution is 5.33. The van der Waals surface area contributed by atoms with E-state index in [2.05, 4.69) is 24.3 Å². The van der Waals surface area contributed by atoms with Gasteiger partial charge < -0.3 is 5.73 Å². The highest BCUT2D eigenvalue weighted by Crippen LogP contribution is 2.19. The molecule has 0 aromatic heterocycles. The average molecular weight is 247 g/mol. The van der Waals surface area contributed by atoms with Crippen molar-refractivity contribution in [3.05, 3.63) is 59.7 Å². The van der Waals surface area contributed by atoms with E-state index in [0.717, 1.165) is 11.1 Å². The zero-order valence-electron chi connectivity index (χ0n) is 12.8. The lowest BCUT2D eigenvalue weighted by atomic mass is 9.99. The molecule has 0 saturated carbocycles. The maximum absolute atomic E-state index is 6.12. The molecule has 1 aromatic carbocycles. The van der Waals surface area contributed by atoms with Crippen LogP contribution in [-0.2, 0) is 0 Å². The van der Waals surface area contributed by atoms with Crippen LogP contribution in [0.15, 0.2) is 54.1 Å². The van der Waals surface area contributed by atoms with Gasteiger partial charge in [-0.3, -0.25) is 0 Å². The molecule has 0 aliphatic carbocycles. The van der Waals surface area contributed by atoms with Crippen molar-refractivity contribution in [3.63, 3.8) is 0 Å². The van der Waals surface area contributed by atoms with Gasteiger partial charge in [-0.25, -0.2) is 0 Å². The van der Waals surface area contributed by atoms with Crippen molar-refractivity contribution in [2.45, 2.75) is 47.6 Å². The molecule has 0 aliphatic heterocycles. The first-order chi connectivity index (χ1) is 8.79. The predicted molar refractivity (Wildman–Crippen MR) is 84.6 cm³/mol. The van der Waals surface area contributed by atoms with Crippen LogP contribution >= 0.6 is 0 Å². The molecule has 0 aliphatic rings. The summed E-state index contributed by atoms with van der Waals surface area (Å²) < 4.78 is 0. The Kier molecular flexibility index (Phi) is 14.5. The maximum atomic E-state index is 6.12. The highest BCUT2D eigenvalue weighted by Gasteiger charge is 2.07. The van der Waals surface area contributed by atoms with Crippen LogP contribution in [0.5, 0.6) is 0 Å². The van der Waals surface area contributed by atoms with Gasteiger partial charge >= 0.3 is 0 Å². The fourth-order valence-electron chi connectivity index (χ4n) is 1.42. The van der Waals surface area contributed by atoms with Crippen LogP contribution in [0, 0.1) is 0 Å². The SMILES string of the molecule is C/C=C\C(=C/C)C(N)c1ccccc1.CC.CC. The van der Waals surface area contributed by atoms with E-state index in [9.17, 15) is 0 Å². The smallest absolute Gasteiger partial charge is 0.0548 e. The standard InChI is InChI=1S/C13H17N.2C2H6/c1-3-8-11(4-2)13(14)12-9-6-5-7-10-12;2*1-2/h3-10,13H,14H2,1-2H3;2*1-2H3/b8-3-,11-4+;;. The molecule has 0 spiro atoms. The first-order valence-corrected chi connectivity index (χ1v) is 6.89. The van der Waals surface area contributed by atoms with Gasteiger partial charge in [-0.1, -0.05) is 76.3 Å². The molecule has 0 fully saturated rings. The molecule has 1 atom stereocenters. The van der Waals surface area contributed by atoms with E-state index in [4.69, 9.17) is 5.73 Å². The van der Waals surface area contributed by atoms with Gasteiger partial charge in [0.05, 0.1) is 6.04 Å². The molecule has 0 heterocycles. The first-order valence-electron chi connectivity index (χ1n) is 6.89. The lowest BCUT2D eigenvalue weighted by Crippen LogP contribution is -2.11. The topological polar surface area (TPSA) is 26.0 Å². The summed E-state index contributed by atoms with van der Waals surface area (Å²) in [6.07, 6.45) is 6.12. The quantitative estimate of drug-likeness (QED) is 0.724. The van der Waals surface area contributed by atoms with Crippen LogP contribution in [-0.4, -0.2) is 0 Å². The molecule has 0 saturated heterocycles. The average Bonchev–Trinajstić information content (AvgIpc) is 2.49. The number of benzene rings is 1. The summed E-state index contributed by atoms with van der Waals surface area (Å²) >= 11 is 0. The van der Waals surface area contributed by atoms with Gasteiger partial charge in [-0.2, -0.15) is 0 Å². The first kappa shape index (κ1) is 19.0. The van der Waals surface area contributed by atoms with Crippen molar-refractivity contribution in [1.29, 1.82) is 0 Å². The van der Waals surface area contributed by atoms with Gasteiger partial charge in [0.1, 0.15) is 0 Å². The molecule has 1 rings (SSSR count). The Hall–Kier alpha value is -1.34. The summed E-state index contributed by atoms with van der Waals surface area (Å²) in [7, 11) is 0. The van der Waals surface area contributed by atoms with Crippen molar-refractivity contribution in [1.82, 2.24) is 0 Å². The predicted octanol–water partition coefficient (Wildman–Crippen LogP) is 5.26. The van der Waals surface area contributed by atoms with Crippen LogP contribution in [0.4, 0.5) is 0 Å². The van der Waals surface area contributed by atoms with Crippen molar-refractivity contribution in [3.8, 4) is 0 Å². The molecule has 1 unspecified atom stereocenters. The minimum Gasteiger partial charge on any atom is -0.320 e. The molecule has 1 nitrogen and oxygen atoms in total. The molecule has 102 valence electrons. The van der Waals surface area contributed by atoms with E-state index in [1.165, 1.54) is 0 Å². The summed E-state index contributed by atoms with van der Waals surface area (Å²) in [6.45, 7) is 12.0. The third-order valence-corrected chi connectivity index (χ3v) is 2.21. The molecule has 18 heavy (non-hydrogen) atoms. The van der Waals surface area contributed by atoms with E-state index in [0.29, 0.717) is 0 Å². The normalized spacial score (nSPS) is 12.1. The molecule has 1 heteroatoms. The van der Waals surface area contributed by atoms with Gasteiger partial charge in [0.25, 0.3) is 0 Å². The zero-order valence-corrected chi connectivity index (χ0v) is 12.8. The number of hydrogen-bond acceptors (Lipinski definition) is 1. The summed E-state index contributed by atoms with van der Waals surface area (Å²) in [6, 6.07) is 10.1. The Morgan fingerprint density at radius 3 is 1.89 bits per heavy atom. The monoisotopic (exact) mass is 247 g/mol. The van der Waals surface area contributed by atoms with Gasteiger partial charge in [-0.15, -0.1) is 0 Å². The lowest BCUT2D eigenvalue weighted by molar-refractivity contribution is 0.867. The minimum atomic E-state index is -0.0163. The van der Waals surface area contributed by atoms with Gasteiger partial charge in [0.2, 0.25) is 0 Å². The number of allylic oxidation sites excluding steroid dienone is 2. The summed E-state index contributed by atoms with van der Waals surface area (Å²) in [5.41, 5.74) is 8.42. The van der Waals surface area contributed by atoms with Crippen LogP contribution < -0.4 is 5.73 Å². The minimum absolute atomic E-state index is 0.0163. The van der Waals surface area contributed by atoms with E-state index in [1.54, 1.807) is 0 Å².